The molecule has 5 nitrogen and oxygen atoms in total. The summed E-state index contributed by atoms with van der Waals surface area (Å²) in [7, 11) is -3.94. The lowest BCUT2D eigenvalue weighted by Crippen LogP contribution is -2.13. The van der Waals surface area contributed by atoms with E-state index in [1.165, 1.54) is 12.1 Å². The molecule has 1 unspecified atom stereocenters. The Morgan fingerprint density at radius 1 is 1.29 bits per heavy atom. The molecule has 0 spiro atoms. The summed E-state index contributed by atoms with van der Waals surface area (Å²) < 4.78 is 28.8. The first-order chi connectivity index (χ1) is 10.0. The van der Waals surface area contributed by atoms with E-state index in [1.807, 2.05) is 13.0 Å². The molecular weight excluding hydrogens is 288 g/mol. The molecule has 1 aromatic rings. The maximum Gasteiger partial charge on any atom is 0.358 e. The molecule has 0 N–H and O–H groups in total. The lowest BCUT2D eigenvalue weighted by atomic mass is 9.96. The summed E-state index contributed by atoms with van der Waals surface area (Å²) in [6, 6.07) is 8.34. The van der Waals surface area contributed by atoms with Crippen molar-refractivity contribution in [3.05, 3.63) is 54.1 Å². The van der Waals surface area contributed by atoms with Crippen LogP contribution in [0.4, 0.5) is 0 Å². The van der Waals surface area contributed by atoms with Gasteiger partial charge in [0, 0.05) is 12.3 Å². The quantitative estimate of drug-likeness (QED) is 0.801. The molecule has 0 fully saturated rings. The molecule has 0 bridgehead atoms. The maximum absolute atomic E-state index is 12.0. The zero-order valence-electron chi connectivity index (χ0n) is 11.4. The molecule has 0 radical (unpaired) electrons. The SMILES string of the molecule is Cc1ccc(S(=O)(=O)O/N=C2/C=CC=CC2CC#N)cc1. The van der Waals surface area contributed by atoms with Crippen molar-refractivity contribution in [1.29, 1.82) is 5.26 Å². The highest BCUT2D eigenvalue weighted by Gasteiger charge is 2.18. The van der Waals surface area contributed by atoms with E-state index in [-0.39, 0.29) is 17.2 Å². The Labute approximate surface area is 124 Å². The van der Waals surface area contributed by atoms with E-state index in [0.717, 1.165) is 5.56 Å². The molecule has 1 aliphatic carbocycles. The van der Waals surface area contributed by atoms with Crippen LogP contribution in [0.2, 0.25) is 0 Å². The van der Waals surface area contributed by atoms with Gasteiger partial charge in [0.25, 0.3) is 0 Å². The molecular formula is C15H14N2O3S. The second kappa shape index (κ2) is 6.37. The van der Waals surface area contributed by atoms with Gasteiger partial charge in [0.05, 0.1) is 11.8 Å². The average Bonchev–Trinajstić information content (AvgIpc) is 2.47. The molecule has 108 valence electrons. The van der Waals surface area contributed by atoms with Crippen molar-refractivity contribution in [2.75, 3.05) is 0 Å². The largest absolute Gasteiger partial charge is 0.358 e. The number of oxime groups is 1. The number of aryl methyl sites for hydroxylation is 1. The zero-order chi connectivity index (χ0) is 15.3. The topological polar surface area (TPSA) is 79.5 Å². The third-order valence-electron chi connectivity index (χ3n) is 2.96. The van der Waals surface area contributed by atoms with Gasteiger partial charge in [-0.25, -0.2) is 0 Å². The Hall–Kier alpha value is -2.39. The van der Waals surface area contributed by atoms with Gasteiger partial charge in [-0.05, 0) is 25.1 Å². The third-order valence-corrected chi connectivity index (χ3v) is 4.08. The van der Waals surface area contributed by atoms with Crippen molar-refractivity contribution in [3.63, 3.8) is 0 Å². The minimum Gasteiger partial charge on any atom is -0.264 e. The molecule has 6 heteroatoms. The Kier molecular flexibility index (Phi) is 4.55. The van der Waals surface area contributed by atoms with E-state index in [4.69, 9.17) is 9.55 Å². The Morgan fingerprint density at radius 3 is 2.67 bits per heavy atom. The van der Waals surface area contributed by atoms with Crippen molar-refractivity contribution >= 4 is 15.8 Å². The minimum absolute atomic E-state index is 0.0459. The van der Waals surface area contributed by atoms with Crippen LogP contribution in [0.25, 0.3) is 0 Å². The summed E-state index contributed by atoms with van der Waals surface area (Å²) in [4.78, 5) is 0.0459. The highest BCUT2D eigenvalue weighted by atomic mass is 32.2. The lowest BCUT2D eigenvalue weighted by molar-refractivity contribution is 0.337. The second-order valence-corrected chi connectivity index (χ2v) is 6.10. The number of hydrogen-bond donors (Lipinski definition) is 0. The van der Waals surface area contributed by atoms with E-state index in [2.05, 4.69) is 5.16 Å². The first-order valence-corrected chi connectivity index (χ1v) is 7.74. The molecule has 0 saturated carbocycles. The minimum atomic E-state index is -3.94. The molecule has 0 heterocycles. The van der Waals surface area contributed by atoms with Gasteiger partial charge < -0.3 is 0 Å². The molecule has 2 rings (SSSR count). The second-order valence-electron chi connectivity index (χ2n) is 4.57. The van der Waals surface area contributed by atoms with E-state index >= 15 is 0 Å². The molecule has 1 atom stereocenters. The highest BCUT2D eigenvalue weighted by Crippen LogP contribution is 2.17. The Bertz CT molecular complexity index is 738. The van der Waals surface area contributed by atoms with Crippen LogP contribution in [0.15, 0.2) is 58.6 Å². The third kappa shape index (κ3) is 3.80. The van der Waals surface area contributed by atoms with Crippen molar-refractivity contribution in [2.24, 2.45) is 11.1 Å². The smallest absolute Gasteiger partial charge is 0.264 e. The molecule has 0 aliphatic heterocycles. The normalized spacial score (nSPS) is 19.4. The summed E-state index contributed by atoms with van der Waals surface area (Å²) in [5.74, 6) is -0.256. The van der Waals surface area contributed by atoms with Gasteiger partial charge in [0.2, 0.25) is 0 Å². The van der Waals surface area contributed by atoms with Crippen LogP contribution < -0.4 is 0 Å². The van der Waals surface area contributed by atoms with Crippen molar-refractivity contribution in [2.45, 2.75) is 18.2 Å². The number of benzene rings is 1. The molecule has 0 aromatic heterocycles. The molecule has 1 aromatic carbocycles. The maximum atomic E-state index is 12.0. The van der Waals surface area contributed by atoms with Crippen molar-refractivity contribution in [3.8, 4) is 6.07 Å². The van der Waals surface area contributed by atoms with Crippen molar-refractivity contribution < 1.29 is 12.7 Å². The first-order valence-electron chi connectivity index (χ1n) is 6.33. The Balaban J connectivity index is 2.19. The van der Waals surface area contributed by atoms with E-state index < -0.39 is 10.1 Å². The van der Waals surface area contributed by atoms with Crippen LogP contribution in [-0.4, -0.2) is 14.1 Å². The van der Waals surface area contributed by atoms with Gasteiger partial charge >= 0.3 is 10.1 Å². The predicted molar refractivity (Wildman–Crippen MR) is 78.9 cm³/mol. The van der Waals surface area contributed by atoms with Gasteiger partial charge in [0.15, 0.2) is 0 Å². The van der Waals surface area contributed by atoms with Crippen LogP contribution in [0.3, 0.4) is 0 Å². The van der Waals surface area contributed by atoms with Crippen molar-refractivity contribution in [1.82, 2.24) is 0 Å². The molecule has 0 amide bonds. The van der Waals surface area contributed by atoms with Crippen LogP contribution >= 0.6 is 0 Å². The van der Waals surface area contributed by atoms with Gasteiger partial charge in [-0.3, -0.25) is 4.28 Å². The number of nitrogens with zero attached hydrogens (tertiary/aromatic N) is 2. The fourth-order valence-corrected chi connectivity index (χ4v) is 2.52. The highest BCUT2D eigenvalue weighted by molar-refractivity contribution is 7.86. The van der Waals surface area contributed by atoms with Crippen LogP contribution in [0, 0.1) is 24.2 Å². The number of hydrogen-bond acceptors (Lipinski definition) is 5. The number of rotatable bonds is 4. The first kappa shape index (κ1) is 15.0. The molecule has 0 saturated heterocycles. The average molecular weight is 302 g/mol. The predicted octanol–water partition coefficient (Wildman–Crippen LogP) is 2.71. The van der Waals surface area contributed by atoms with Crippen LogP contribution in [0.5, 0.6) is 0 Å². The van der Waals surface area contributed by atoms with Gasteiger partial charge in [-0.15, -0.1) is 0 Å². The van der Waals surface area contributed by atoms with Gasteiger partial charge in [-0.2, -0.15) is 13.7 Å². The summed E-state index contributed by atoms with van der Waals surface area (Å²) in [5, 5.41) is 12.4. The van der Waals surface area contributed by atoms with E-state index in [0.29, 0.717) is 5.71 Å². The monoisotopic (exact) mass is 302 g/mol. The summed E-state index contributed by atoms with van der Waals surface area (Å²) >= 11 is 0. The number of allylic oxidation sites excluding steroid dienone is 4. The fourth-order valence-electron chi connectivity index (χ4n) is 1.78. The summed E-state index contributed by atoms with van der Waals surface area (Å²) in [6.45, 7) is 1.86. The zero-order valence-corrected chi connectivity index (χ0v) is 12.2. The van der Waals surface area contributed by atoms with E-state index in [1.54, 1.807) is 36.4 Å². The Morgan fingerprint density at radius 2 is 2.00 bits per heavy atom. The van der Waals surface area contributed by atoms with Crippen LogP contribution in [0.1, 0.15) is 12.0 Å². The summed E-state index contributed by atoms with van der Waals surface area (Å²) in [6.07, 6.45) is 7.13. The summed E-state index contributed by atoms with van der Waals surface area (Å²) in [5.41, 5.74) is 1.37. The molecule has 21 heavy (non-hydrogen) atoms. The van der Waals surface area contributed by atoms with Gasteiger partial charge in [0.1, 0.15) is 4.90 Å². The van der Waals surface area contributed by atoms with Gasteiger partial charge in [-0.1, -0.05) is 41.1 Å². The standard InChI is InChI=1S/C15H14N2O3S/c1-12-6-8-14(9-7-12)21(18,19)20-17-15-5-3-2-4-13(15)10-11-16/h2-9,13H,10H2,1H3/b17-15-. The van der Waals surface area contributed by atoms with Crippen LogP contribution in [-0.2, 0) is 14.4 Å². The molecule has 1 aliphatic rings. The lowest BCUT2D eigenvalue weighted by Gasteiger charge is -2.11. The fraction of sp³-hybridized carbons (Fsp3) is 0.200. The van der Waals surface area contributed by atoms with E-state index in [9.17, 15) is 8.42 Å². The number of nitriles is 1.